The fourth-order valence-electron chi connectivity index (χ4n) is 8.82. The van der Waals surface area contributed by atoms with Crippen LogP contribution in [0.1, 0.15) is 258 Å². The number of quaternary nitrogens is 1. The van der Waals surface area contributed by atoms with Gasteiger partial charge in [0.2, 0.25) is 0 Å². The van der Waals surface area contributed by atoms with Crippen LogP contribution >= 0.6 is 0 Å². The van der Waals surface area contributed by atoms with Gasteiger partial charge >= 0.3 is 17.9 Å². The number of rotatable bonds is 59. The number of carbonyl (C=O) groups is 3. The van der Waals surface area contributed by atoms with Crippen LogP contribution in [0.2, 0.25) is 0 Å². The van der Waals surface area contributed by atoms with E-state index < -0.39 is 30.3 Å². The summed E-state index contributed by atoms with van der Waals surface area (Å²) in [6.07, 6.45) is 85.1. The molecule has 1 N–H and O–H groups in total. The number of hydrogen-bond donors (Lipinski definition) is 1. The van der Waals surface area contributed by atoms with Gasteiger partial charge < -0.3 is 28.5 Å². The van der Waals surface area contributed by atoms with Crippen molar-refractivity contribution < 1.29 is 42.9 Å². The molecule has 2 unspecified atom stereocenters. The van der Waals surface area contributed by atoms with Gasteiger partial charge in [0.25, 0.3) is 6.29 Å². The molecule has 0 rings (SSSR count). The highest BCUT2D eigenvalue weighted by molar-refractivity contribution is 5.72. The second-order valence-corrected chi connectivity index (χ2v) is 22.7. The van der Waals surface area contributed by atoms with Crippen molar-refractivity contribution in [2.75, 3.05) is 47.5 Å². The fourth-order valence-corrected chi connectivity index (χ4v) is 8.82. The molecular weight excluding hydrogens is 1010 g/mol. The highest BCUT2D eigenvalue weighted by atomic mass is 16.7. The lowest BCUT2D eigenvalue weighted by molar-refractivity contribution is -0.870. The summed E-state index contributed by atoms with van der Waals surface area (Å²) in [5.74, 6) is -2.17. The Morgan fingerprint density at radius 2 is 0.704 bits per heavy atom. The molecule has 0 bridgehead atoms. The van der Waals surface area contributed by atoms with Gasteiger partial charge in [-0.3, -0.25) is 9.59 Å². The summed E-state index contributed by atoms with van der Waals surface area (Å²) in [6.45, 7) is 4.54. The Bertz CT molecular complexity index is 1740. The molecule has 0 radical (unpaired) electrons. The maximum Gasteiger partial charge on any atom is 0.361 e. The van der Waals surface area contributed by atoms with Crippen LogP contribution in [0.25, 0.3) is 0 Å². The minimum Gasteiger partial charge on any atom is -0.477 e. The number of aliphatic carboxylic acids is 1. The van der Waals surface area contributed by atoms with Crippen molar-refractivity contribution in [1.82, 2.24) is 0 Å². The van der Waals surface area contributed by atoms with Gasteiger partial charge in [-0.25, -0.2) is 4.79 Å². The topological polar surface area (TPSA) is 108 Å². The minimum atomic E-state index is -1.53. The molecule has 0 aliphatic heterocycles. The summed E-state index contributed by atoms with van der Waals surface area (Å²) >= 11 is 0. The maximum absolute atomic E-state index is 12.9. The van der Waals surface area contributed by atoms with Gasteiger partial charge in [-0.05, 0) is 83.5 Å². The molecule has 2 atom stereocenters. The molecular formula is C72H122NO8+. The Morgan fingerprint density at radius 3 is 1.05 bits per heavy atom. The molecule has 0 aromatic heterocycles. The van der Waals surface area contributed by atoms with E-state index in [0.29, 0.717) is 23.9 Å². The molecule has 9 nitrogen and oxygen atoms in total. The quantitative estimate of drug-likeness (QED) is 0.0211. The summed E-state index contributed by atoms with van der Waals surface area (Å²) in [7, 11) is 5.94. The molecule has 0 fully saturated rings. The third-order valence-electron chi connectivity index (χ3n) is 13.7. The lowest BCUT2D eigenvalue weighted by atomic mass is 10.0. The molecule has 0 aromatic rings. The lowest BCUT2D eigenvalue weighted by Gasteiger charge is -2.25. The lowest BCUT2D eigenvalue weighted by Crippen LogP contribution is -2.40. The standard InChI is InChI=1S/C72H121NO8/c1-6-8-10-12-14-16-18-20-22-23-24-25-26-27-28-29-30-31-32-33-34-35-36-37-38-39-40-41-42-43-44-45-46-47-49-51-53-55-57-59-61-63-70(75)81-68(67-80-72(71(76)77)78-65-64-73(3,4)5)66-79-69(74)62-60-58-56-54-52-50-48-21-19-17-15-13-11-9-7-2/h8-11,14-17,20-22,24-25,27-28,48,52,54,58,60,68,72H,6-7,12-13,18-19,23,26,29-47,49-51,53,55-57,59,61-67H2,1-5H3/p+1/b10-8-,11-9-,16-14-,17-15-,22-20-,25-24-,28-27-,48-21-,54-52-,60-58-. The van der Waals surface area contributed by atoms with Crippen LogP contribution in [0.5, 0.6) is 0 Å². The molecule has 0 aromatic carbocycles. The van der Waals surface area contributed by atoms with Crippen LogP contribution in [0.15, 0.2) is 122 Å². The monoisotopic (exact) mass is 1130 g/mol. The Balaban J connectivity index is 4.00. The normalized spacial score (nSPS) is 13.5. The molecule has 0 aliphatic rings. The number of allylic oxidation sites excluding steroid dienone is 19. The number of unbranched alkanes of at least 4 members (excludes halogenated alkanes) is 25. The van der Waals surface area contributed by atoms with Crippen LogP contribution in [-0.2, 0) is 33.3 Å². The molecule has 0 saturated carbocycles. The highest BCUT2D eigenvalue weighted by Crippen LogP contribution is 2.17. The summed E-state index contributed by atoms with van der Waals surface area (Å²) in [4.78, 5) is 37.3. The SMILES string of the molecule is CC/C=C\C/C=C\C/C=C\C/C=C\C/C=C\CCCCCCCCCCCCCCCCCCCCCCCCCCCC(=O)OC(COC(=O)C/C=C\C/C=C\C/C=C\C/C=C\C/C=C\CC)COC(OCC[N+](C)(C)C)C(=O)O. The Hall–Kier alpha value is -4.31. The molecule has 462 valence electrons. The fraction of sp³-hybridized carbons (Fsp3) is 0.681. The van der Waals surface area contributed by atoms with E-state index in [1.807, 2.05) is 27.2 Å². The average Bonchev–Trinajstić information content (AvgIpc) is 3.44. The van der Waals surface area contributed by atoms with E-state index in [4.69, 9.17) is 18.9 Å². The first-order valence-corrected chi connectivity index (χ1v) is 32.7. The molecule has 0 amide bonds. The minimum absolute atomic E-state index is 0.0672. The first-order chi connectivity index (χ1) is 39.6. The first kappa shape index (κ1) is 76.7. The van der Waals surface area contributed by atoms with Crippen LogP contribution in [0, 0.1) is 0 Å². The summed E-state index contributed by atoms with van der Waals surface area (Å²) < 4.78 is 22.7. The second-order valence-electron chi connectivity index (χ2n) is 22.7. The number of esters is 2. The van der Waals surface area contributed by atoms with Gasteiger partial charge in [-0.15, -0.1) is 0 Å². The Morgan fingerprint density at radius 1 is 0.383 bits per heavy atom. The van der Waals surface area contributed by atoms with Crippen molar-refractivity contribution in [2.45, 2.75) is 270 Å². The zero-order chi connectivity index (χ0) is 59.1. The average molecular weight is 1130 g/mol. The van der Waals surface area contributed by atoms with E-state index in [9.17, 15) is 19.5 Å². The van der Waals surface area contributed by atoms with E-state index in [2.05, 4.69) is 123 Å². The first-order valence-electron chi connectivity index (χ1n) is 32.7. The van der Waals surface area contributed by atoms with Gasteiger partial charge in [0.1, 0.15) is 13.2 Å². The number of likely N-dealkylation sites (N-methyl/N-ethyl adjacent to an activating group) is 1. The van der Waals surface area contributed by atoms with Gasteiger partial charge in [0, 0.05) is 6.42 Å². The zero-order valence-electron chi connectivity index (χ0n) is 52.7. The van der Waals surface area contributed by atoms with Gasteiger partial charge in [0.15, 0.2) is 6.10 Å². The van der Waals surface area contributed by atoms with E-state index in [-0.39, 0.29) is 32.7 Å². The van der Waals surface area contributed by atoms with Crippen molar-refractivity contribution >= 4 is 17.9 Å². The van der Waals surface area contributed by atoms with Crippen molar-refractivity contribution in [2.24, 2.45) is 0 Å². The summed E-state index contributed by atoms with van der Waals surface area (Å²) in [6, 6.07) is 0. The van der Waals surface area contributed by atoms with Gasteiger partial charge in [0.05, 0.1) is 40.8 Å². The van der Waals surface area contributed by atoms with Crippen molar-refractivity contribution in [3.05, 3.63) is 122 Å². The van der Waals surface area contributed by atoms with E-state index in [0.717, 1.165) is 77.0 Å². The Kier molecular flexibility index (Phi) is 58.5. The van der Waals surface area contributed by atoms with E-state index in [1.54, 1.807) is 6.08 Å². The van der Waals surface area contributed by atoms with Crippen LogP contribution in [-0.4, -0.2) is 87.4 Å². The predicted molar refractivity (Wildman–Crippen MR) is 345 cm³/mol. The number of nitrogens with zero attached hydrogens (tertiary/aromatic N) is 1. The zero-order valence-corrected chi connectivity index (χ0v) is 52.7. The third-order valence-corrected chi connectivity index (χ3v) is 13.7. The molecule has 0 heterocycles. The number of carboxylic acid groups (broad SMARTS) is 1. The molecule has 9 heteroatoms. The van der Waals surface area contributed by atoms with E-state index in [1.165, 1.54) is 141 Å². The number of ether oxygens (including phenoxy) is 4. The van der Waals surface area contributed by atoms with Crippen LogP contribution in [0.4, 0.5) is 0 Å². The molecule has 0 aliphatic carbocycles. The van der Waals surface area contributed by atoms with E-state index >= 15 is 0 Å². The smallest absolute Gasteiger partial charge is 0.361 e. The maximum atomic E-state index is 12.9. The second kappa shape index (κ2) is 61.8. The van der Waals surface area contributed by atoms with Crippen LogP contribution < -0.4 is 0 Å². The number of carboxylic acids is 1. The highest BCUT2D eigenvalue weighted by Gasteiger charge is 2.25. The molecule has 0 saturated heterocycles. The largest absolute Gasteiger partial charge is 0.477 e. The van der Waals surface area contributed by atoms with Gasteiger partial charge in [-0.1, -0.05) is 283 Å². The predicted octanol–water partition coefficient (Wildman–Crippen LogP) is 20.0. The van der Waals surface area contributed by atoms with Crippen molar-refractivity contribution in [1.29, 1.82) is 0 Å². The molecule has 81 heavy (non-hydrogen) atoms. The summed E-state index contributed by atoms with van der Waals surface area (Å²) in [5, 5.41) is 9.70. The van der Waals surface area contributed by atoms with Crippen LogP contribution in [0.3, 0.4) is 0 Å². The molecule has 0 spiro atoms. The Labute approximate surface area is 497 Å². The number of carbonyl (C=O) groups excluding carboxylic acids is 2. The van der Waals surface area contributed by atoms with Gasteiger partial charge in [-0.2, -0.15) is 0 Å². The third kappa shape index (κ3) is 63.1. The van der Waals surface area contributed by atoms with Crippen molar-refractivity contribution in [3.63, 3.8) is 0 Å². The summed E-state index contributed by atoms with van der Waals surface area (Å²) in [5.41, 5.74) is 0. The number of hydrogen-bond acceptors (Lipinski definition) is 7. The van der Waals surface area contributed by atoms with Crippen molar-refractivity contribution in [3.8, 4) is 0 Å².